The third kappa shape index (κ3) is 2.96. The van der Waals surface area contributed by atoms with Gasteiger partial charge in [-0.15, -0.1) is 0 Å². The maximum Gasteiger partial charge on any atom is 0.173 e. The summed E-state index contributed by atoms with van der Waals surface area (Å²) in [6, 6.07) is 6.22. The van der Waals surface area contributed by atoms with Crippen LogP contribution in [0.2, 0.25) is 0 Å². The molecule has 0 spiro atoms. The lowest BCUT2D eigenvalue weighted by molar-refractivity contribution is 0.0690. The molecule has 1 heterocycles. The average molecular weight is 250 g/mol. The summed E-state index contributed by atoms with van der Waals surface area (Å²) in [6.45, 7) is 7.48. The summed E-state index contributed by atoms with van der Waals surface area (Å²) in [5.74, 6) is 0. The minimum Gasteiger partial charge on any atom is -0.378 e. The van der Waals surface area contributed by atoms with E-state index in [9.17, 15) is 0 Å². The Balaban J connectivity index is 2.04. The second-order valence-corrected chi connectivity index (χ2v) is 4.66. The standard InChI is InChI=1S/C13H18N2OS/c1-10-4-3-5-12(11(10)2)14-13(17)15-6-8-16-9-7-15/h3-5H,6-9H2,1-2H3,(H,14,17). The topological polar surface area (TPSA) is 24.5 Å². The van der Waals surface area contributed by atoms with Crippen LogP contribution in [-0.2, 0) is 4.74 Å². The molecule has 3 nitrogen and oxygen atoms in total. The van der Waals surface area contributed by atoms with Gasteiger partial charge in [0, 0.05) is 18.8 Å². The summed E-state index contributed by atoms with van der Waals surface area (Å²) < 4.78 is 5.31. The molecule has 0 atom stereocenters. The van der Waals surface area contributed by atoms with Crippen molar-refractivity contribution in [3.63, 3.8) is 0 Å². The van der Waals surface area contributed by atoms with Crippen molar-refractivity contribution in [3.05, 3.63) is 29.3 Å². The molecule has 1 aromatic carbocycles. The fraction of sp³-hybridized carbons (Fsp3) is 0.462. The van der Waals surface area contributed by atoms with Crippen molar-refractivity contribution in [1.82, 2.24) is 4.90 Å². The van der Waals surface area contributed by atoms with Gasteiger partial charge in [0.15, 0.2) is 5.11 Å². The Labute approximate surface area is 108 Å². The monoisotopic (exact) mass is 250 g/mol. The van der Waals surface area contributed by atoms with Crippen molar-refractivity contribution in [2.75, 3.05) is 31.6 Å². The van der Waals surface area contributed by atoms with Gasteiger partial charge in [-0.3, -0.25) is 0 Å². The molecule has 0 saturated carbocycles. The van der Waals surface area contributed by atoms with Crippen LogP contribution in [0.25, 0.3) is 0 Å². The minimum atomic E-state index is 0.759. The Morgan fingerprint density at radius 1 is 1.29 bits per heavy atom. The van der Waals surface area contributed by atoms with Gasteiger partial charge in [0.25, 0.3) is 0 Å². The summed E-state index contributed by atoms with van der Waals surface area (Å²) in [5.41, 5.74) is 3.63. The van der Waals surface area contributed by atoms with Crippen molar-refractivity contribution in [3.8, 4) is 0 Å². The predicted molar refractivity (Wildman–Crippen MR) is 74.5 cm³/mol. The maximum absolute atomic E-state index is 5.42. The number of nitrogens with one attached hydrogen (secondary N) is 1. The molecule has 0 bridgehead atoms. The zero-order valence-electron chi connectivity index (χ0n) is 10.3. The van der Waals surface area contributed by atoms with Crippen LogP contribution in [0, 0.1) is 13.8 Å². The van der Waals surface area contributed by atoms with Gasteiger partial charge in [0.2, 0.25) is 0 Å². The molecule has 0 unspecified atom stereocenters. The number of hydrogen-bond donors (Lipinski definition) is 1. The first kappa shape index (κ1) is 12.3. The van der Waals surface area contributed by atoms with Crippen LogP contribution < -0.4 is 5.32 Å². The van der Waals surface area contributed by atoms with Crippen LogP contribution in [0.4, 0.5) is 5.69 Å². The van der Waals surface area contributed by atoms with Gasteiger partial charge < -0.3 is 15.0 Å². The van der Waals surface area contributed by atoms with E-state index in [0.29, 0.717) is 0 Å². The number of nitrogens with zero attached hydrogens (tertiary/aromatic N) is 1. The molecule has 1 aromatic rings. The Morgan fingerprint density at radius 3 is 2.71 bits per heavy atom. The molecule has 1 N–H and O–H groups in total. The fourth-order valence-electron chi connectivity index (χ4n) is 1.85. The number of benzene rings is 1. The van der Waals surface area contributed by atoms with E-state index in [1.165, 1.54) is 11.1 Å². The molecule has 0 radical (unpaired) electrons. The lowest BCUT2D eigenvalue weighted by atomic mass is 10.1. The van der Waals surface area contributed by atoms with E-state index >= 15 is 0 Å². The Morgan fingerprint density at radius 2 is 2.00 bits per heavy atom. The quantitative estimate of drug-likeness (QED) is 0.773. The van der Waals surface area contributed by atoms with Gasteiger partial charge in [0.1, 0.15) is 0 Å². The molecule has 2 rings (SSSR count). The molecular formula is C13H18N2OS. The molecular weight excluding hydrogens is 232 g/mol. The molecule has 1 fully saturated rings. The summed E-state index contributed by atoms with van der Waals surface area (Å²) in [7, 11) is 0. The van der Waals surface area contributed by atoms with Crippen LogP contribution in [0.15, 0.2) is 18.2 Å². The molecule has 4 heteroatoms. The maximum atomic E-state index is 5.42. The van der Waals surface area contributed by atoms with E-state index in [1.807, 2.05) is 6.07 Å². The van der Waals surface area contributed by atoms with Gasteiger partial charge in [-0.25, -0.2) is 0 Å². The fourth-order valence-corrected chi connectivity index (χ4v) is 2.14. The molecule has 1 aliphatic rings. The average Bonchev–Trinajstić information content (AvgIpc) is 2.36. The van der Waals surface area contributed by atoms with E-state index < -0.39 is 0 Å². The molecule has 0 aromatic heterocycles. The second kappa shape index (κ2) is 5.47. The van der Waals surface area contributed by atoms with Crippen LogP contribution in [0.5, 0.6) is 0 Å². The van der Waals surface area contributed by atoms with Crippen LogP contribution in [0.1, 0.15) is 11.1 Å². The third-order valence-electron chi connectivity index (χ3n) is 3.14. The number of thiocarbonyl (C=S) groups is 1. The normalized spacial score (nSPS) is 15.8. The van der Waals surface area contributed by atoms with Gasteiger partial charge in [-0.05, 0) is 43.3 Å². The Hall–Kier alpha value is -1.13. The van der Waals surface area contributed by atoms with E-state index in [4.69, 9.17) is 17.0 Å². The number of aryl methyl sites for hydroxylation is 1. The van der Waals surface area contributed by atoms with Crippen molar-refractivity contribution < 1.29 is 4.74 Å². The lowest BCUT2D eigenvalue weighted by Crippen LogP contribution is -2.43. The zero-order valence-corrected chi connectivity index (χ0v) is 11.1. The van der Waals surface area contributed by atoms with E-state index in [1.54, 1.807) is 0 Å². The Kier molecular flexibility index (Phi) is 3.97. The van der Waals surface area contributed by atoms with Crippen molar-refractivity contribution in [2.24, 2.45) is 0 Å². The van der Waals surface area contributed by atoms with E-state index in [0.717, 1.165) is 37.1 Å². The minimum absolute atomic E-state index is 0.759. The first-order valence-corrected chi connectivity index (χ1v) is 6.29. The van der Waals surface area contributed by atoms with Crippen molar-refractivity contribution >= 4 is 23.0 Å². The number of anilines is 1. The number of ether oxygens (including phenoxy) is 1. The molecule has 1 aliphatic heterocycles. The highest BCUT2D eigenvalue weighted by Crippen LogP contribution is 2.18. The van der Waals surface area contributed by atoms with Gasteiger partial charge in [-0.2, -0.15) is 0 Å². The third-order valence-corrected chi connectivity index (χ3v) is 3.50. The summed E-state index contributed by atoms with van der Waals surface area (Å²) >= 11 is 5.42. The molecule has 1 saturated heterocycles. The second-order valence-electron chi connectivity index (χ2n) is 4.28. The van der Waals surface area contributed by atoms with Crippen LogP contribution >= 0.6 is 12.2 Å². The van der Waals surface area contributed by atoms with E-state index in [2.05, 4.69) is 36.2 Å². The first-order valence-electron chi connectivity index (χ1n) is 5.88. The van der Waals surface area contributed by atoms with Gasteiger partial charge in [0.05, 0.1) is 13.2 Å². The first-order chi connectivity index (χ1) is 8.18. The Bertz CT molecular complexity index is 414. The van der Waals surface area contributed by atoms with Crippen molar-refractivity contribution in [2.45, 2.75) is 13.8 Å². The van der Waals surface area contributed by atoms with Crippen molar-refractivity contribution in [1.29, 1.82) is 0 Å². The number of rotatable bonds is 1. The molecule has 0 aliphatic carbocycles. The highest BCUT2D eigenvalue weighted by Gasteiger charge is 2.14. The summed E-state index contributed by atoms with van der Waals surface area (Å²) in [6.07, 6.45) is 0. The summed E-state index contributed by atoms with van der Waals surface area (Å²) in [4.78, 5) is 2.15. The number of hydrogen-bond acceptors (Lipinski definition) is 2. The van der Waals surface area contributed by atoms with Crippen LogP contribution in [0.3, 0.4) is 0 Å². The van der Waals surface area contributed by atoms with E-state index in [-0.39, 0.29) is 0 Å². The highest BCUT2D eigenvalue weighted by molar-refractivity contribution is 7.80. The molecule has 0 amide bonds. The lowest BCUT2D eigenvalue weighted by Gasteiger charge is -2.29. The molecule has 92 valence electrons. The van der Waals surface area contributed by atoms with Gasteiger partial charge >= 0.3 is 0 Å². The zero-order chi connectivity index (χ0) is 12.3. The summed E-state index contributed by atoms with van der Waals surface area (Å²) in [5, 5.41) is 4.12. The molecule has 17 heavy (non-hydrogen) atoms. The van der Waals surface area contributed by atoms with Crippen LogP contribution in [-0.4, -0.2) is 36.3 Å². The predicted octanol–water partition coefficient (Wildman–Crippen LogP) is 2.33. The highest BCUT2D eigenvalue weighted by atomic mass is 32.1. The smallest absolute Gasteiger partial charge is 0.173 e. The SMILES string of the molecule is Cc1cccc(NC(=S)N2CCOCC2)c1C. The van der Waals surface area contributed by atoms with Gasteiger partial charge in [-0.1, -0.05) is 12.1 Å². The largest absolute Gasteiger partial charge is 0.378 e. The number of morpholine rings is 1.